The Bertz CT molecular complexity index is 301. The molecule has 83 valence electrons. The number of rotatable bonds is 3. The van der Waals surface area contributed by atoms with Crippen molar-refractivity contribution in [2.24, 2.45) is 0 Å². The zero-order chi connectivity index (χ0) is 11.3. The third-order valence-corrected chi connectivity index (χ3v) is 1.51. The standard InChI is InChI=1S/C10H16N3O2/c1-10(2,3)15-9(14)11-6-8-13-7-4-5-12-13/h5,7H,6,8H2,1-3H3,(H,11,14). The zero-order valence-electron chi connectivity index (χ0n) is 9.28. The average molecular weight is 210 g/mol. The number of amides is 1. The first-order valence-corrected chi connectivity index (χ1v) is 4.83. The molecule has 1 rings (SSSR count). The van der Waals surface area contributed by atoms with Gasteiger partial charge in [-0.2, -0.15) is 5.10 Å². The molecule has 1 aromatic rings. The molecule has 0 saturated carbocycles. The van der Waals surface area contributed by atoms with E-state index in [1.54, 1.807) is 17.1 Å². The van der Waals surface area contributed by atoms with Crippen LogP contribution in [0, 0.1) is 6.07 Å². The Labute approximate surface area is 89.4 Å². The predicted molar refractivity (Wildman–Crippen MR) is 55.3 cm³/mol. The fraction of sp³-hybridized carbons (Fsp3) is 0.600. The molecular formula is C10H16N3O2. The summed E-state index contributed by atoms with van der Waals surface area (Å²) in [5.41, 5.74) is -0.455. The summed E-state index contributed by atoms with van der Waals surface area (Å²) in [6.07, 6.45) is 2.89. The van der Waals surface area contributed by atoms with Crippen LogP contribution in [0.15, 0.2) is 12.4 Å². The van der Waals surface area contributed by atoms with E-state index in [1.807, 2.05) is 20.8 Å². The van der Waals surface area contributed by atoms with E-state index in [0.717, 1.165) is 0 Å². The molecule has 0 aliphatic heterocycles. The van der Waals surface area contributed by atoms with Gasteiger partial charge in [0.05, 0.1) is 12.7 Å². The topological polar surface area (TPSA) is 56.1 Å². The van der Waals surface area contributed by atoms with Crippen LogP contribution in [0.25, 0.3) is 0 Å². The van der Waals surface area contributed by atoms with E-state index in [-0.39, 0.29) is 0 Å². The molecule has 5 nitrogen and oxygen atoms in total. The van der Waals surface area contributed by atoms with Gasteiger partial charge in [0.1, 0.15) is 5.60 Å². The molecule has 0 aliphatic carbocycles. The highest BCUT2D eigenvalue weighted by Crippen LogP contribution is 2.06. The van der Waals surface area contributed by atoms with Crippen molar-refractivity contribution in [3.05, 3.63) is 18.5 Å². The SMILES string of the molecule is CC(C)(C)OC(=O)NCCn1c[c]cn1. The molecule has 0 aromatic carbocycles. The van der Waals surface area contributed by atoms with Crippen molar-refractivity contribution in [3.63, 3.8) is 0 Å². The van der Waals surface area contributed by atoms with E-state index < -0.39 is 11.7 Å². The van der Waals surface area contributed by atoms with Gasteiger partial charge in [-0.1, -0.05) is 0 Å². The van der Waals surface area contributed by atoms with Gasteiger partial charge in [0.15, 0.2) is 0 Å². The van der Waals surface area contributed by atoms with Gasteiger partial charge in [-0.3, -0.25) is 4.68 Å². The monoisotopic (exact) mass is 210 g/mol. The van der Waals surface area contributed by atoms with Crippen molar-refractivity contribution in [2.75, 3.05) is 6.54 Å². The smallest absolute Gasteiger partial charge is 0.407 e. The molecule has 5 heteroatoms. The molecule has 0 spiro atoms. The normalized spacial score (nSPS) is 11.1. The van der Waals surface area contributed by atoms with E-state index in [1.165, 1.54) is 0 Å². The van der Waals surface area contributed by atoms with E-state index >= 15 is 0 Å². The first kappa shape index (κ1) is 11.6. The molecule has 0 saturated heterocycles. The lowest BCUT2D eigenvalue weighted by Gasteiger charge is -2.19. The number of carbonyl (C=O) groups is 1. The van der Waals surface area contributed by atoms with E-state index in [4.69, 9.17) is 4.74 Å². The van der Waals surface area contributed by atoms with Gasteiger partial charge in [0.25, 0.3) is 0 Å². The van der Waals surface area contributed by atoms with Crippen LogP contribution in [0.1, 0.15) is 20.8 Å². The maximum atomic E-state index is 11.2. The maximum absolute atomic E-state index is 11.2. The maximum Gasteiger partial charge on any atom is 0.407 e. The van der Waals surface area contributed by atoms with Gasteiger partial charge in [-0.25, -0.2) is 4.79 Å². The van der Waals surface area contributed by atoms with Crippen LogP contribution in [0.5, 0.6) is 0 Å². The Hall–Kier alpha value is -1.52. The van der Waals surface area contributed by atoms with E-state index in [9.17, 15) is 4.79 Å². The summed E-state index contributed by atoms with van der Waals surface area (Å²) in [5, 5.41) is 6.60. The summed E-state index contributed by atoms with van der Waals surface area (Å²) < 4.78 is 6.76. The fourth-order valence-electron chi connectivity index (χ4n) is 0.969. The molecule has 0 unspecified atom stereocenters. The average Bonchev–Trinajstić information content (AvgIpc) is 2.53. The molecule has 1 aromatic heterocycles. The minimum Gasteiger partial charge on any atom is -0.444 e. The quantitative estimate of drug-likeness (QED) is 0.815. The highest BCUT2D eigenvalue weighted by Gasteiger charge is 2.15. The van der Waals surface area contributed by atoms with Crippen LogP contribution >= 0.6 is 0 Å². The summed E-state index contributed by atoms with van der Waals surface area (Å²) in [6.45, 7) is 6.59. The van der Waals surface area contributed by atoms with Crippen LogP contribution in [0.4, 0.5) is 4.79 Å². The van der Waals surface area contributed by atoms with E-state index in [0.29, 0.717) is 13.1 Å². The second-order valence-electron chi connectivity index (χ2n) is 4.13. The Morgan fingerprint density at radius 3 is 2.87 bits per heavy atom. The summed E-state index contributed by atoms with van der Waals surface area (Å²) in [6, 6.07) is 2.81. The number of nitrogens with zero attached hydrogens (tertiary/aromatic N) is 2. The van der Waals surface area contributed by atoms with Crippen LogP contribution in [0.2, 0.25) is 0 Å². The largest absolute Gasteiger partial charge is 0.444 e. The fourth-order valence-corrected chi connectivity index (χ4v) is 0.969. The Morgan fingerprint density at radius 2 is 2.33 bits per heavy atom. The molecule has 0 atom stereocenters. The van der Waals surface area contributed by atoms with Crippen LogP contribution in [-0.4, -0.2) is 28.0 Å². The first-order valence-electron chi connectivity index (χ1n) is 4.83. The van der Waals surface area contributed by atoms with Gasteiger partial charge in [-0.15, -0.1) is 0 Å². The van der Waals surface area contributed by atoms with E-state index in [2.05, 4.69) is 16.5 Å². The van der Waals surface area contributed by atoms with Gasteiger partial charge in [0, 0.05) is 18.8 Å². The van der Waals surface area contributed by atoms with Crippen molar-refractivity contribution >= 4 is 6.09 Å². The molecule has 1 radical (unpaired) electrons. The molecule has 15 heavy (non-hydrogen) atoms. The predicted octanol–water partition coefficient (Wildman–Crippen LogP) is 1.21. The van der Waals surface area contributed by atoms with Crippen molar-refractivity contribution < 1.29 is 9.53 Å². The lowest BCUT2D eigenvalue weighted by molar-refractivity contribution is 0.0525. The van der Waals surface area contributed by atoms with Gasteiger partial charge < -0.3 is 10.1 Å². The molecule has 1 amide bonds. The summed E-state index contributed by atoms with van der Waals surface area (Å²) in [4.78, 5) is 11.2. The number of carbonyl (C=O) groups excluding carboxylic acids is 1. The number of alkyl carbamates (subject to hydrolysis) is 1. The number of aromatic nitrogens is 2. The first-order chi connectivity index (χ1) is 6.97. The van der Waals surface area contributed by atoms with Crippen molar-refractivity contribution in [3.8, 4) is 0 Å². The van der Waals surface area contributed by atoms with Crippen LogP contribution in [-0.2, 0) is 11.3 Å². The molecule has 0 fully saturated rings. The number of hydrogen-bond donors (Lipinski definition) is 1. The Balaban J connectivity index is 2.18. The lowest BCUT2D eigenvalue weighted by Crippen LogP contribution is -2.34. The van der Waals surface area contributed by atoms with Crippen molar-refractivity contribution in [2.45, 2.75) is 32.9 Å². The Morgan fingerprint density at radius 1 is 1.60 bits per heavy atom. The number of ether oxygens (including phenoxy) is 1. The van der Waals surface area contributed by atoms with Gasteiger partial charge in [-0.05, 0) is 20.8 Å². The minimum absolute atomic E-state index is 0.404. The van der Waals surface area contributed by atoms with Gasteiger partial charge in [0.2, 0.25) is 0 Å². The minimum atomic E-state index is -0.455. The molecule has 0 aliphatic rings. The van der Waals surface area contributed by atoms with Crippen molar-refractivity contribution in [1.82, 2.24) is 15.1 Å². The molecule has 0 bridgehead atoms. The second-order valence-corrected chi connectivity index (χ2v) is 4.13. The zero-order valence-corrected chi connectivity index (χ0v) is 9.28. The van der Waals surface area contributed by atoms with Crippen molar-refractivity contribution in [1.29, 1.82) is 0 Å². The van der Waals surface area contributed by atoms with Gasteiger partial charge >= 0.3 is 6.09 Å². The molecule has 1 N–H and O–H groups in total. The number of hydrogen-bond acceptors (Lipinski definition) is 3. The third-order valence-electron chi connectivity index (χ3n) is 1.51. The lowest BCUT2D eigenvalue weighted by atomic mass is 10.2. The number of nitrogens with one attached hydrogen (secondary N) is 1. The second kappa shape index (κ2) is 4.82. The van der Waals surface area contributed by atoms with Crippen LogP contribution < -0.4 is 5.32 Å². The summed E-state index contributed by atoms with van der Waals surface area (Å²) >= 11 is 0. The summed E-state index contributed by atoms with van der Waals surface area (Å²) in [5.74, 6) is 0. The summed E-state index contributed by atoms with van der Waals surface area (Å²) in [7, 11) is 0. The Kier molecular flexibility index (Phi) is 3.71. The highest BCUT2D eigenvalue weighted by atomic mass is 16.6. The third kappa shape index (κ3) is 5.05. The molecule has 1 heterocycles. The van der Waals surface area contributed by atoms with Crippen LogP contribution in [0.3, 0.4) is 0 Å². The molecular weight excluding hydrogens is 194 g/mol. The highest BCUT2D eigenvalue weighted by molar-refractivity contribution is 5.67.